The molecule has 0 spiro atoms. The third-order valence-electron chi connectivity index (χ3n) is 2.96. The van der Waals surface area contributed by atoms with Crippen LogP contribution in [-0.2, 0) is 6.54 Å². The molecule has 0 bridgehead atoms. The van der Waals surface area contributed by atoms with Gasteiger partial charge in [-0.05, 0) is 17.9 Å². The highest BCUT2D eigenvalue weighted by atomic mass is 32.2. The monoisotopic (exact) mass is 268 g/mol. The minimum Gasteiger partial charge on any atom is -0.370 e. The summed E-state index contributed by atoms with van der Waals surface area (Å²) < 4.78 is 0. The Morgan fingerprint density at radius 3 is 2.76 bits per heavy atom. The van der Waals surface area contributed by atoms with Crippen LogP contribution in [0.3, 0.4) is 0 Å². The van der Waals surface area contributed by atoms with E-state index >= 15 is 0 Å². The molecule has 1 aromatic carbocycles. The molecule has 1 aliphatic heterocycles. The van der Waals surface area contributed by atoms with E-state index in [1.54, 1.807) is 0 Å². The normalized spacial score (nSPS) is 16.2. The summed E-state index contributed by atoms with van der Waals surface area (Å²) in [7, 11) is 0. The molecular formula is C13H20N2S2. The summed E-state index contributed by atoms with van der Waals surface area (Å²) >= 11 is 3.94. The van der Waals surface area contributed by atoms with Crippen molar-refractivity contribution < 1.29 is 0 Å². The molecular weight excluding hydrogens is 248 g/mol. The first kappa shape index (κ1) is 13.1. The van der Waals surface area contributed by atoms with Gasteiger partial charge in [0, 0.05) is 47.3 Å². The van der Waals surface area contributed by atoms with Gasteiger partial charge >= 0.3 is 0 Å². The second-order valence-electron chi connectivity index (χ2n) is 3.99. The molecule has 2 nitrogen and oxygen atoms in total. The Bertz CT molecular complexity index is 362. The van der Waals surface area contributed by atoms with Crippen molar-refractivity contribution in [2.24, 2.45) is 5.73 Å². The number of thioether (sulfide) groups is 2. The molecule has 2 N–H and O–H groups in total. The lowest BCUT2D eigenvalue weighted by Gasteiger charge is -2.31. The van der Waals surface area contributed by atoms with Crippen molar-refractivity contribution in [1.82, 2.24) is 0 Å². The molecule has 1 heterocycles. The van der Waals surface area contributed by atoms with Crippen LogP contribution in [0.15, 0.2) is 23.1 Å². The minimum atomic E-state index is 0.641. The van der Waals surface area contributed by atoms with E-state index in [1.165, 1.54) is 27.7 Å². The second-order valence-corrected chi connectivity index (χ2v) is 6.52. The fourth-order valence-corrected chi connectivity index (χ4v) is 3.90. The molecule has 0 radical (unpaired) electrons. The first-order chi connectivity index (χ1) is 8.36. The molecule has 4 heteroatoms. The fraction of sp³-hybridized carbons (Fsp3) is 0.538. The summed E-state index contributed by atoms with van der Waals surface area (Å²) in [5, 5.41) is 0. The van der Waals surface area contributed by atoms with E-state index in [4.69, 9.17) is 5.73 Å². The molecule has 17 heavy (non-hydrogen) atoms. The molecule has 0 atom stereocenters. The molecule has 0 unspecified atom stereocenters. The van der Waals surface area contributed by atoms with Crippen LogP contribution in [0.4, 0.5) is 5.69 Å². The van der Waals surface area contributed by atoms with Crippen molar-refractivity contribution >= 4 is 29.2 Å². The van der Waals surface area contributed by atoms with E-state index in [2.05, 4.69) is 30.0 Å². The zero-order valence-electron chi connectivity index (χ0n) is 10.3. The zero-order valence-corrected chi connectivity index (χ0v) is 11.9. The van der Waals surface area contributed by atoms with E-state index in [0.717, 1.165) is 18.8 Å². The quantitative estimate of drug-likeness (QED) is 0.850. The SMILES string of the molecule is CCSc1cccc(N2CCSCC2)c1CN. The van der Waals surface area contributed by atoms with Gasteiger partial charge in [0.25, 0.3) is 0 Å². The Balaban J connectivity index is 2.28. The summed E-state index contributed by atoms with van der Waals surface area (Å²) in [6, 6.07) is 6.57. The summed E-state index contributed by atoms with van der Waals surface area (Å²) in [6.07, 6.45) is 0. The van der Waals surface area contributed by atoms with E-state index in [9.17, 15) is 0 Å². The lowest BCUT2D eigenvalue weighted by Crippen LogP contribution is -2.33. The summed E-state index contributed by atoms with van der Waals surface area (Å²) in [4.78, 5) is 3.84. The highest BCUT2D eigenvalue weighted by Gasteiger charge is 2.15. The average molecular weight is 268 g/mol. The zero-order chi connectivity index (χ0) is 12.1. The van der Waals surface area contributed by atoms with Crippen LogP contribution in [0.1, 0.15) is 12.5 Å². The summed E-state index contributed by atoms with van der Waals surface area (Å²) in [5.74, 6) is 3.57. The van der Waals surface area contributed by atoms with Gasteiger partial charge < -0.3 is 10.6 Å². The van der Waals surface area contributed by atoms with Crippen LogP contribution in [-0.4, -0.2) is 30.3 Å². The lowest BCUT2D eigenvalue weighted by molar-refractivity contribution is 0.841. The number of hydrogen-bond donors (Lipinski definition) is 1. The van der Waals surface area contributed by atoms with Crippen LogP contribution in [0.5, 0.6) is 0 Å². The Morgan fingerprint density at radius 2 is 2.12 bits per heavy atom. The first-order valence-corrected chi connectivity index (χ1v) is 8.28. The molecule has 94 valence electrons. The highest BCUT2D eigenvalue weighted by molar-refractivity contribution is 7.99. The molecule has 0 aromatic heterocycles. The fourth-order valence-electron chi connectivity index (χ4n) is 2.15. The van der Waals surface area contributed by atoms with Gasteiger partial charge in [-0.2, -0.15) is 11.8 Å². The molecule has 1 aliphatic rings. The van der Waals surface area contributed by atoms with E-state index in [-0.39, 0.29) is 0 Å². The van der Waals surface area contributed by atoms with E-state index in [1.807, 2.05) is 23.5 Å². The Morgan fingerprint density at radius 1 is 1.35 bits per heavy atom. The Labute approximate surface area is 112 Å². The number of anilines is 1. The maximum Gasteiger partial charge on any atom is 0.0423 e. The Kier molecular flexibility index (Phi) is 5.07. The predicted octanol–water partition coefficient (Wildman–Crippen LogP) is 2.81. The highest BCUT2D eigenvalue weighted by Crippen LogP contribution is 2.31. The number of rotatable bonds is 4. The standard InChI is InChI=1S/C13H20N2S2/c1-2-17-13-5-3-4-12(11(13)10-14)15-6-8-16-9-7-15/h3-5H,2,6-10,14H2,1H3. The maximum atomic E-state index is 5.94. The molecule has 2 rings (SSSR count). The third-order valence-corrected chi connectivity index (χ3v) is 4.89. The van der Waals surface area contributed by atoms with Crippen molar-refractivity contribution in [2.45, 2.75) is 18.4 Å². The van der Waals surface area contributed by atoms with Crippen molar-refractivity contribution in [3.8, 4) is 0 Å². The lowest BCUT2D eigenvalue weighted by atomic mass is 10.1. The minimum absolute atomic E-state index is 0.641. The van der Waals surface area contributed by atoms with Gasteiger partial charge in [-0.1, -0.05) is 13.0 Å². The molecule has 0 saturated carbocycles. The largest absolute Gasteiger partial charge is 0.370 e. The van der Waals surface area contributed by atoms with Crippen molar-refractivity contribution in [2.75, 3.05) is 35.2 Å². The number of nitrogens with zero attached hydrogens (tertiary/aromatic N) is 1. The molecule has 0 amide bonds. The van der Waals surface area contributed by atoms with Crippen molar-refractivity contribution in [3.05, 3.63) is 23.8 Å². The van der Waals surface area contributed by atoms with Crippen LogP contribution in [0.25, 0.3) is 0 Å². The van der Waals surface area contributed by atoms with Crippen molar-refractivity contribution in [3.63, 3.8) is 0 Å². The number of nitrogens with two attached hydrogens (primary N) is 1. The molecule has 1 aromatic rings. The third kappa shape index (κ3) is 3.12. The van der Waals surface area contributed by atoms with Crippen LogP contribution in [0, 0.1) is 0 Å². The van der Waals surface area contributed by atoms with Crippen LogP contribution < -0.4 is 10.6 Å². The van der Waals surface area contributed by atoms with Gasteiger partial charge in [0.15, 0.2) is 0 Å². The van der Waals surface area contributed by atoms with Gasteiger partial charge in [0.2, 0.25) is 0 Å². The first-order valence-electron chi connectivity index (χ1n) is 6.14. The van der Waals surface area contributed by atoms with Gasteiger partial charge in [-0.3, -0.25) is 0 Å². The van der Waals surface area contributed by atoms with E-state index in [0.29, 0.717) is 6.54 Å². The van der Waals surface area contributed by atoms with Crippen LogP contribution >= 0.6 is 23.5 Å². The average Bonchev–Trinajstić information content (AvgIpc) is 2.40. The number of benzene rings is 1. The molecule has 0 aliphatic carbocycles. The smallest absolute Gasteiger partial charge is 0.0423 e. The van der Waals surface area contributed by atoms with Gasteiger partial charge in [0.05, 0.1) is 0 Å². The van der Waals surface area contributed by atoms with Crippen LogP contribution in [0.2, 0.25) is 0 Å². The van der Waals surface area contributed by atoms with Gasteiger partial charge in [-0.15, -0.1) is 11.8 Å². The maximum absolute atomic E-state index is 5.94. The van der Waals surface area contributed by atoms with E-state index < -0.39 is 0 Å². The second kappa shape index (κ2) is 6.57. The van der Waals surface area contributed by atoms with Gasteiger partial charge in [-0.25, -0.2) is 0 Å². The Hall–Kier alpha value is -0.320. The van der Waals surface area contributed by atoms with Crippen molar-refractivity contribution in [1.29, 1.82) is 0 Å². The summed E-state index contributed by atoms with van der Waals surface area (Å²) in [6.45, 7) is 5.13. The molecule has 1 saturated heterocycles. The topological polar surface area (TPSA) is 29.3 Å². The van der Waals surface area contributed by atoms with Gasteiger partial charge in [0.1, 0.15) is 0 Å². The number of hydrogen-bond acceptors (Lipinski definition) is 4. The predicted molar refractivity (Wildman–Crippen MR) is 80.3 cm³/mol. The molecule has 1 fully saturated rings. The summed E-state index contributed by atoms with van der Waals surface area (Å²) in [5.41, 5.74) is 8.62.